The number of halogens is 2. The molecule has 2 N–H and O–H groups in total. The summed E-state index contributed by atoms with van der Waals surface area (Å²) in [4.78, 5) is 38.5. The fourth-order valence-electron chi connectivity index (χ4n) is 7.05. The van der Waals surface area contributed by atoms with E-state index in [1.54, 1.807) is 87.2 Å². The lowest BCUT2D eigenvalue weighted by Gasteiger charge is -2.33. The number of ether oxygens (including phenoxy) is 3. The molecule has 8 rings (SSSR count). The molecule has 2 aliphatic rings. The Labute approximate surface area is 358 Å². The number of nitrogens with zero attached hydrogens (tertiary/aromatic N) is 9. The summed E-state index contributed by atoms with van der Waals surface area (Å²) in [5, 5.41) is 20.8. The van der Waals surface area contributed by atoms with Crippen LogP contribution in [0.2, 0.25) is 0 Å². The van der Waals surface area contributed by atoms with Crippen molar-refractivity contribution >= 4 is 34.9 Å². The first kappa shape index (κ1) is 43.7. The van der Waals surface area contributed by atoms with Gasteiger partial charge in [0.1, 0.15) is 28.9 Å². The van der Waals surface area contributed by atoms with Crippen molar-refractivity contribution in [1.82, 2.24) is 39.4 Å². The number of benzene rings is 2. The number of aromatic nitrogens is 6. The molecule has 2 fully saturated rings. The van der Waals surface area contributed by atoms with Gasteiger partial charge in [-0.3, -0.25) is 4.90 Å². The van der Waals surface area contributed by atoms with Crippen LogP contribution in [0.3, 0.4) is 0 Å². The molecule has 0 atom stereocenters. The van der Waals surface area contributed by atoms with Gasteiger partial charge in [-0.15, -0.1) is 0 Å². The maximum absolute atomic E-state index is 15.0. The standard InChI is InChI=1S/2C22H26FN5O3/c1-22(2,3)31-21(29)24-13-16-5-4-15(12-17(16)23)20-18-6-7-25-28(18)14-19(26-20)27-8-10-30-11-9-27;1-22(2,3)27(21(29)30)13-16-5-4-15(12-17(16)23)20-18-6-7-24-28(18)14-19(25-20)26-8-10-31-11-9-26/h4-7,12,14H,8-11,13H2,1-3H3,(H,24,29);4-7,12,14H,8-11,13H2,1-3H3,(H,29,30). The van der Waals surface area contributed by atoms with Gasteiger partial charge in [-0.1, -0.05) is 24.3 Å². The van der Waals surface area contributed by atoms with Crippen LogP contribution in [0, 0.1) is 11.6 Å². The zero-order valence-corrected chi connectivity index (χ0v) is 35.8. The molecular weight excluding hydrogens is 803 g/mol. The van der Waals surface area contributed by atoms with Crippen LogP contribution in [-0.4, -0.2) is 115 Å². The zero-order chi connectivity index (χ0) is 44.2. The maximum atomic E-state index is 15.0. The van der Waals surface area contributed by atoms with Gasteiger partial charge < -0.3 is 34.4 Å². The topological polar surface area (TPSA) is 164 Å². The molecule has 0 saturated carbocycles. The van der Waals surface area contributed by atoms with Crippen molar-refractivity contribution in [3.8, 4) is 22.5 Å². The fraction of sp³-hybridized carbons (Fsp3) is 0.409. The molecule has 18 heteroatoms. The highest BCUT2D eigenvalue weighted by atomic mass is 19.1. The van der Waals surface area contributed by atoms with Gasteiger partial charge in [-0.25, -0.2) is 37.4 Å². The zero-order valence-electron chi connectivity index (χ0n) is 35.8. The largest absolute Gasteiger partial charge is 0.465 e. The number of anilines is 2. The molecule has 6 heterocycles. The normalized spacial score (nSPS) is 14.7. The number of carbonyl (C=O) groups excluding carboxylic acids is 1. The van der Waals surface area contributed by atoms with Crippen molar-refractivity contribution in [2.75, 3.05) is 62.4 Å². The highest BCUT2D eigenvalue weighted by Crippen LogP contribution is 2.30. The lowest BCUT2D eigenvalue weighted by molar-refractivity contribution is 0.0522. The van der Waals surface area contributed by atoms with Crippen molar-refractivity contribution < 1.29 is 37.7 Å². The van der Waals surface area contributed by atoms with Gasteiger partial charge in [0, 0.05) is 60.5 Å². The minimum absolute atomic E-state index is 0.0321. The number of carbonyl (C=O) groups is 2. The van der Waals surface area contributed by atoms with E-state index >= 15 is 4.39 Å². The average Bonchev–Trinajstić information content (AvgIpc) is 3.92. The number of hydrogen-bond donors (Lipinski definition) is 2. The number of morpholine rings is 2. The third-order valence-electron chi connectivity index (χ3n) is 10.3. The van der Waals surface area contributed by atoms with Gasteiger partial charge in [0.05, 0.1) is 80.2 Å². The molecule has 2 aliphatic heterocycles. The van der Waals surface area contributed by atoms with Crippen LogP contribution in [0.5, 0.6) is 0 Å². The van der Waals surface area contributed by atoms with Crippen LogP contribution < -0.4 is 15.1 Å². The third kappa shape index (κ3) is 10.4. The number of rotatable bonds is 8. The van der Waals surface area contributed by atoms with Crippen LogP contribution in [0.4, 0.5) is 30.0 Å². The minimum atomic E-state index is -1.09. The first-order chi connectivity index (χ1) is 29.5. The predicted octanol–water partition coefficient (Wildman–Crippen LogP) is 7.05. The molecule has 0 unspecified atom stereocenters. The number of carboxylic acid groups (broad SMARTS) is 1. The average molecular weight is 855 g/mol. The van der Waals surface area contributed by atoms with Crippen molar-refractivity contribution in [3.05, 3.63) is 96.1 Å². The van der Waals surface area contributed by atoms with E-state index in [9.17, 15) is 19.1 Å². The highest BCUT2D eigenvalue weighted by Gasteiger charge is 2.28. The molecule has 6 aromatic rings. The van der Waals surface area contributed by atoms with E-state index in [2.05, 4.69) is 25.3 Å². The molecule has 62 heavy (non-hydrogen) atoms. The fourth-order valence-corrected chi connectivity index (χ4v) is 7.05. The maximum Gasteiger partial charge on any atom is 0.408 e. The number of amides is 2. The van der Waals surface area contributed by atoms with Crippen molar-refractivity contribution in [3.63, 3.8) is 0 Å². The van der Waals surface area contributed by atoms with Crippen LogP contribution in [0.25, 0.3) is 33.5 Å². The summed E-state index contributed by atoms with van der Waals surface area (Å²) in [6.45, 7) is 16.1. The molecule has 2 saturated heterocycles. The quantitative estimate of drug-likeness (QED) is 0.161. The second kappa shape index (κ2) is 18.3. The van der Waals surface area contributed by atoms with Crippen LogP contribution in [0.1, 0.15) is 52.7 Å². The second-order valence-corrected chi connectivity index (χ2v) is 16.9. The summed E-state index contributed by atoms with van der Waals surface area (Å²) in [5.74, 6) is 0.628. The van der Waals surface area contributed by atoms with Gasteiger partial charge in [0.25, 0.3) is 0 Å². The number of alkyl carbamates (subject to hydrolysis) is 1. The van der Waals surface area contributed by atoms with Crippen molar-refractivity contribution in [1.29, 1.82) is 0 Å². The molecule has 0 bridgehead atoms. The molecular formula is C44H52F2N10O6. The van der Waals surface area contributed by atoms with Crippen LogP contribution in [-0.2, 0) is 27.3 Å². The number of fused-ring (bicyclic) bond motifs is 2. The Balaban J connectivity index is 0.000000186. The number of hydrogen-bond acceptors (Lipinski definition) is 11. The van der Waals surface area contributed by atoms with Gasteiger partial charge in [-0.05, 0) is 65.8 Å². The van der Waals surface area contributed by atoms with Gasteiger partial charge in [0.15, 0.2) is 0 Å². The molecule has 0 radical (unpaired) electrons. The summed E-state index contributed by atoms with van der Waals surface area (Å²) in [6.07, 6.45) is 5.44. The van der Waals surface area contributed by atoms with E-state index in [0.29, 0.717) is 60.1 Å². The minimum Gasteiger partial charge on any atom is -0.465 e. The molecule has 2 aromatic carbocycles. The summed E-state index contributed by atoms with van der Waals surface area (Å²) in [5.41, 5.74) is 3.50. The summed E-state index contributed by atoms with van der Waals surface area (Å²) < 4.78 is 49.4. The smallest absolute Gasteiger partial charge is 0.408 e. The highest BCUT2D eigenvalue weighted by molar-refractivity contribution is 5.79. The predicted molar refractivity (Wildman–Crippen MR) is 229 cm³/mol. The van der Waals surface area contributed by atoms with Crippen LogP contribution in [0.15, 0.2) is 73.3 Å². The summed E-state index contributed by atoms with van der Waals surface area (Å²) in [6, 6.07) is 13.4. The molecule has 16 nitrogen and oxygen atoms in total. The second-order valence-electron chi connectivity index (χ2n) is 16.9. The van der Waals surface area contributed by atoms with E-state index < -0.39 is 35.0 Å². The summed E-state index contributed by atoms with van der Waals surface area (Å²) in [7, 11) is 0. The van der Waals surface area contributed by atoms with E-state index in [4.69, 9.17) is 24.2 Å². The van der Waals surface area contributed by atoms with E-state index in [1.807, 2.05) is 24.5 Å². The van der Waals surface area contributed by atoms with Crippen molar-refractivity contribution in [2.45, 2.75) is 65.8 Å². The monoisotopic (exact) mass is 854 g/mol. The van der Waals surface area contributed by atoms with E-state index in [1.165, 1.54) is 17.0 Å². The Morgan fingerprint density at radius 1 is 0.742 bits per heavy atom. The van der Waals surface area contributed by atoms with Crippen LogP contribution >= 0.6 is 0 Å². The Morgan fingerprint density at radius 3 is 1.63 bits per heavy atom. The Kier molecular flexibility index (Phi) is 12.9. The lowest BCUT2D eigenvalue weighted by atomic mass is 10.0. The molecule has 0 spiro atoms. The van der Waals surface area contributed by atoms with E-state index in [0.717, 1.165) is 48.8 Å². The summed E-state index contributed by atoms with van der Waals surface area (Å²) >= 11 is 0. The molecule has 2 amide bonds. The molecule has 328 valence electrons. The van der Waals surface area contributed by atoms with Gasteiger partial charge in [-0.2, -0.15) is 10.2 Å². The molecule has 0 aliphatic carbocycles. The van der Waals surface area contributed by atoms with Crippen molar-refractivity contribution in [2.24, 2.45) is 0 Å². The lowest BCUT2D eigenvalue weighted by Crippen LogP contribution is -2.44. The van der Waals surface area contributed by atoms with E-state index in [-0.39, 0.29) is 13.1 Å². The number of nitrogens with one attached hydrogen (secondary N) is 1. The molecule has 4 aromatic heterocycles. The Bertz CT molecular complexity index is 2540. The first-order valence-corrected chi connectivity index (χ1v) is 20.4. The van der Waals surface area contributed by atoms with Gasteiger partial charge in [0.2, 0.25) is 0 Å². The first-order valence-electron chi connectivity index (χ1n) is 20.4. The third-order valence-corrected chi connectivity index (χ3v) is 10.3. The Morgan fingerprint density at radius 2 is 1.21 bits per heavy atom. The Hall–Kier alpha value is -6.40. The SMILES string of the molecule is CC(C)(C)N(Cc1ccc(-c2nc(N3CCOCC3)cn3nccc23)cc1F)C(=O)O.CC(C)(C)OC(=O)NCc1ccc(-c2nc(N3CCOCC3)cn3nccc23)cc1F. The van der Waals surface area contributed by atoms with Gasteiger partial charge >= 0.3 is 12.2 Å².